The van der Waals surface area contributed by atoms with Crippen molar-refractivity contribution < 1.29 is 4.79 Å². The zero-order valence-electron chi connectivity index (χ0n) is 15.0. The van der Waals surface area contributed by atoms with E-state index >= 15 is 0 Å². The molecule has 1 amide bonds. The van der Waals surface area contributed by atoms with E-state index in [9.17, 15) is 4.79 Å². The summed E-state index contributed by atoms with van der Waals surface area (Å²) in [6.07, 6.45) is 0.795. The first-order valence-corrected chi connectivity index (χ1v) is 9.08. The van der Waals surface area contributed by atoms with Crippen LogP contribution in [0.2, 0.25) is 10.0 Å². The second-order valence-corrected chi connectivity index (χ2v) is 6.32. The maximum atomic E-state index is 12.1. The van der Waals surface area contributed by atoms with Crippen LogP contribution in [-0.2, 0) is 6.42 Å². The Morgan fingerprint density at radius 2 is 1.48 bits per heavy atom. The Kier molecular flexibility index (Phi) is 11.2. The summed E-state index contributed by atoms with van der Waals surface area (Å²) in [6.45, 7) is 1.70. The minimum Gasteiger partial charge on any atom is -0.356 e. The molecule has 0 aliphatic rings. The van der Waals surface area contributed by atoms with E-state index in [1.54, 1.807) is 31.3 Å². The highest BCUT2D eigenvalue weighted by molar-refractivity contribution is 14.0. The number of hydrogen-bond acceptors (Lipinski definition) is 2. The molecule has 0 aromatic heterocycles. The molecule has 0 saturated carbocycles. The molecule has 0 bridgehead atoms. The number of halogens is 3. The Morgan fingerprint density at radius 1 is 0.889 bits per heavy atom. The molecule has 2 rings (SSSR count). The predicted octanol–water partition coefficient (Wildman–Crippen LogP) is 3.75. The highest BCUT2D eigenvalue weighted by Gasteiger charge is 2.08. The van der Waals surface area contributed by atoms with Crippen LogP contribution in [0, 0.1) is 0 Å². The van der Waals surface area contributed by atoms with Crippen LogP contribution in [0.15, 0.2) is 53.5 Å². The van der Waals surface area contributed by atoms with Crippen molar-refractivity contribution in [2.45, 2.75) is 6.42 Å². The van der Waals surface area contributed by atoms with Gasteiger partial charge in [-0.05, 0) is 30.2 Å². The number of carbonyl (C=O) groups excluding carboxylic acids is 1. The van der Waals surface area contributed by atoms with Crippen molar-refractivity contribution >= 4 is 59.0 Å². The highest BCUT2D eigenvalue weighted by Crippen LogP contribution is 2.15. The number of carbonyl (C=O) groups is 1. The molecule has 27 heavy (non-hydrogen) atoms. The summed E-state index contributed by atoms with van der Waals surface area (Å²) in [4.78, 5) is 16.2. The van der Waals surface area contributed by atoms with Gasteiger partial charge in [-0.15, -0.1) is 24.0 Å². The van der Waals surface area contributed by atoms with Crippen molar-refractivity contribution in [3.8, 4) is 0 Å². The molecule has 0 unspecified atom stereocenters. The maximum absolute atomic E-state index is 12.1. The van der Waals surface area contributed by atoms with E-state index in [0.717, 1.165) is 17.0 Å². The lowest BCUT2D eigenvalue weighted by Gasteiger charge is -2.13. The van der Waals surface area contributed by atoms with E-state index in [2.05, 4.69) is 20.9 Å². The second kappa shape index (κ2) is 12.8. The fraction of sp³-hybridized carbons (Fsp3) is 0.263. The Morgan fingerprint density at radius 3 is 2.15 bits per heavy atom. The van der Waals surface area contributed by atoms with Crippen molar-refractivity contribution in [2.75, 3.05) is 26.7 Å². The lowest BCUT2D eigenvalue weighted by Crippen LogP contribution is -2.42. The Balaban J connectivity index is 0.00000364. The van der Waals surface area contributed by atoms with E-state index in [0.29, 0.717) is 36.2 Å². The van der Waals surface area contributed by atoms with E-state index < -0.39 is 0 Å². The summed E-state index contributed by atoms with van der Waals surface area (Å²) in [5, 5.41) is 10.4. The van der Waals surface area contributed by atoms with Crippen LogP contribution in [0.3, 0.4) is 0 Å². The summed E-state index contributed by atoms with van der Waals surface area (Å²) >= 11 is 12.2. The van der Waals surface area contributed by atoms with Crippen LogP contribution in [0.1, 0.15) is 15.9 Å². The SMILES string of the molecule is CN=C(NCCNC(=O)c1ccccc1Cl)NCCc1ccccc1Cl.I. The van der Waals surface area contributed by atoms with Gasteiger partial charge >= 0.3 is 0 Å². The van der Waals surface area contributed by atoms with Crippen LogP contribution in [0.4, 0.5) is 0 Å². The topological polar surface area (TPSA) is 65.5 Å². The molecular formula is C19H23Cl2IN4O. The van der Waals surface area contributed by atoms with Crippen molar-refractivity contribution in [3.63, 3.8) is 0 Å². The zero-order valence-corrected chi connectivity index (χ0v) is 18.8. The van der Waals surface area contributed by atoms with Crippen LogP contribution in [0.25, 0.3) is 0 Å². The summed E-state index contributed by atoms with van der Waals surface area (Å²) in [6, 6.07) is 14.7. The molecule has 8 heteroatoms. The Labute approximate surface area is 186 Å². The molecule has 0 radical (unpaired) electrons. The van der Waals surface area contributed by atoms with Gasteiger partial charge in [0.15, 0.2) is 5.96 Å². The van der Waals surface area contributed by atoms with Gasteiger partial charge in [-0.3, -0.25) is 9.79 Å². The molecule has 3 N–H and O–H groups in total. The van der Waals surface area contributed by atoms with Crippen molar-refractivity contribution in [1.29, 1.82) is 0 Å². The zero-order chi connectivity index (χ0) is 18.8. The minimum absolute atomic E-state index is 0. The Bertz CT molecular complexity index is 771. The monoisotopic (exact) mass is 520 g/mol. The molecule has 2 aromatic rings. The van der Waals surface area contributed by atoms with Gasteiger partial charge < -0.3 is 16.0 Å². The predicted molar refractivity (Wildman–Crippen MR) is 124 cm³/mol. The quantitative estimate of drug-likeness (QED) is 0.225. The van der Waals surface area contributed by atoms with Crippen molar-refractivity contribution in [1.82, 2.24) is 16.0 Å². The van der Waals surface area contributed by atoms with Gasteiger partial charge in [0, 0.05) is 31.7 Å². The van der Waals surface area contributed by atoms with E-state index in [1.165, 1.54) is 0 Å². The largest absolute Gasteiger partial charge is 0.356 e. The molecule has 2 aromatic carbocycles. The summed E-state index contributed by atoms with van der Waals surface area (Å²) < 4.78 is 0. The number of amides is 1. The molecule has 0 atom stereocenters. The smallest absolute Gasteiger partial charge is 0.252 e. The number of rotatable bonds is 7. The number of hydrogen-bond donors (Lipinski definition) is 3. The van der Waals surface area contributed by atoms with Crippen LogP contribution >= 0.6 is 47.2 Å². The first-order chi connectivity index (χ1) is 12.6. The lowest BCUT2D eigenvalue weighted by atomic mass is 10.1. The highest BCUT2D eigenvalue weighted by atomic mass is 127. The third-order valence-corrected chi connectivity index (χ3v) is 4.39. The van der Waals surface area contributed by atoms with E-state index in [4.69, 9.17) is 23.2 Å². The molecule has 0 spiro atoms. The third-order valence-electron chi connectivity index (χ3n) is 3.69. The Hall–Kier alpha value is -1.51. The fourth-order valence-corrected chi connectivity index (χ4v) is 2.79. The number of guanidine groups is 1. The molecule has 0 saturated heterocycles. The average molecular weight is 521 g/mol. The maximum Gasteiger partial charge on any atom is 0.252 e. The van der Waals surface area contributed by atoms with Gasteiger partial charge in [-0.25, -0.2) is 0 Å². The average Bonchev–Trinajstić information content (AvgIpc) is 2.65. The van der Waals surface area contributed by atoms with E-state index in [-0.39, 0.29) is 29.9 Å². The molecule has 146 valence electrons. The van der Waals surface area contributed by atoms with Crippen LogP contribution in [-0.4, -0.2) is 38.5 Å². The van der Waals surface area contributed by atoms with Gasteiger partial charge in [0.2, 0.25) is 0 Å². The number of aliphatic imine (C=N–C) groups is 1. The number of nitrogens with zero attached hydrogens (tertiary/aromatic N) is 1. The third kappa shape index (κ3) is 7.94. The summed E-state index contributed by atoms with van der Waals surface area (Å²) in [7, 11) is 1.70. The molecule has 0 heterocycles. The minimum atomic E-state index is -0.195. The summed E-state index contributed by atoms with van der Waals surface area (Å²) in [5.74, 6) is 0.475. The van der Waals surface area contributed by atoms with Gasteiger partial charge in [0.1, 0.15) is 0 Å². The van der Waals surface area contributed by atoms with Crippen molar-refractivity contribution in [3.05, 3.63) is 69.7 Å². The van der Waals surface area contributed by atoms with Crippen LogP contribution in [0.5, 0.6) is 0 Å². The van der Waals surface area contributed by atoms with E-state index in [1.807, 2.05) is 24.3 Å². The standard InChI is InChI=1S/C19H22Cl2N4O.HI/c1-22-19(24-11-10-14-6-2-4-8-16(14)20)25-13-12-23-18(26)15-7-3-5-9-17(15)21;/h2-9H,10-13H2,1H3,(H,23,26)(H2,22,24,25);1H. The second-order valence-electron chi connectivity index (χ2n) is 5.50. The van der Waals surface area contributed by atoms with Gasteiger partial charge in [-0.1, -0.05) is 53.5 Å². The lowest BCUT2D eigenvalue weighted by molar-refractivity contribution is 0.0954. The first-order valence-electron chi connectivity index (χ1n) is 8.32. The van der Waals surface area contributed by atoms with Gasteiger partial charge in [0.25, 0.3) is 5.91 Å². The van der Waals surface area contributed by atoms with Gasteiger partial charge in [-0.2, -0.15) is 0 Å². The number of benzene rings is 2. The normalized spacial score (nSPS) is 10.7. The molecule has 5 nitrogen and oxygen atoms in total. The van der Waals surface area contributed by atoms with Crippen LogP contribution < -0.4 is 16.0 Å². The molecule has 0 fully saturated rings. The van der Waals surface area contributed by atoms with Crippen molar-refractivity contribution in [2.24, 2.45) is 4.99 Å². The number of nitrogens with one attached hydrogen (secondary N) is 3. The van der Waals surface area contributed by atoms with Gasteiger partial charge in [0.05, 0.1) is 10.6 Å². The molecule has 0 aliphatic heterocycles. The fourth-order valence-electron chi connectivity index (χ4n) is 2.33. The molecular weight excluding hydrogens is 498 g/mol. The first kappa shape index (κ1) is 23.5. The molecule has 0 aliphatic carbocycles. The summed E-state index contributed by atoms with van der Waals surface area (Å²) in [5.41, 5.74) is 1.56.